The van der Waals surface area contributed by atoms with Crippen LogP contribution >= 0.6 is 11.6 Å². The van der Waals surface area contributed by atoms with E-state index in [0.717, 1.165) is 11.3 Å². The summed E-state index contributed by atoms with van der Waals surface area (Å²) in [5, 5.41) is 4.61. The normalized spacial score (nSPS) is 11.0. The van der Waals surface area contributed by atoms with Crippen LogP contribution in [0.5, 0.6) is 0 Å². The minimum Gasteiger partial charge on any atom is -0.289 e. The highest BCUT2D eigenvalue weighted by molar-refractivity contribution is 6.31. The van der Waals surface area contributed by atoms with E-state index in [1.165, 1.54) is 12.4 Å². The molecule has 0 N–H and O–H groups in total. The van der Waals surface area contributed by atoms with Crippen molar-refractivity contribution in [3.8, 4) is 5.69 Å². The SMILES string of the molecule is O=C(/C=C/c1ccc(-n2cncn2)cc1)c1cccc(Cl)c1. The van der Waals surface area contributed by atoms with Crippen LogP contribution in [0, 0.1) is 0 Å². The molecule has 1 aromatic heterocycles. The fraction of sp³-hybridized carbons (Fsp3) is 0. The van der Waals surface area contributed by atoms with Crippen LogP contribution in [0.1, 0.15) is 15.9 Å². The van der Waals surface area contributed by atoms with Crippen LogP contribution in [0.3, 0.4) is 0 Å². The number of rotatable bonds is 4. The zero-order chi connectivity index (χ0) is 15.4. The molecular weight excluding hydrogens is 298 g/mol. The lowest BCUT2D eigenvalue weighted by atomic mass is 10.1. The molecule has 0 saturated heterocycles. The maximum absolute atomic E-state index is 12.1. The fourth-order valence-electron chi connectivity index (χ4n) is 1.99. The molecule has 3 aromatic rings. The Kier molecular flexibility index (Phi) is 4.12. The van der Waals surface area contributed by atoms with Crippen LogP contribution in [0.2, 0.25) is 5.02 Å². The van der Waals surface area contributed by atoms with Crippen LogP contribution in [0.25, 0.3) is 11.8 Å². The maximum Gasteiger partial charge on any atom is 0.185 e. The summed E-state index contributed by atoms with van der Waals surface area (Å²) in [6, 6.07) is 14.6. The number of hydrogen-bond donors (Lipinski definition) is 0. The number of halogens is 1. The van der Waals surface area contributed by atoms with E-state index in [0.29, 0.717) is 10.6 Å². The fourth-order valence-corrected chi connectivity index (χ4v) is 2.18. The molecule has 0 aliphatic heterocycles. The molecule has 22 heavy (non-hydrogen) atoms. The van der Waals surface area contributed by atoms with E-state index in [1.54, 1.807) is 41.4 Å². The van der Waals surface area contributed by atoms with Gasteiger partial charge in [0, 0.05) is 10.6 Å². The number of carbonyl (C=O) groups excluding carboxylic acids is 1. The predicted molar refractivity (Wildman–Crippen MR) is 86.2 cm³/mol. The summed E-state index contributed by atoms with van der Waals surface area (Å²) < 4.78 is 1.67. The van der Waals surface area contributed by atoms with Crippen molar-refractivity contribution in [1.82, 2.24) is 14.8 Å². The van der Waals surface area contributed by atoms with Gasteiger partial charge in [0.05, 0.1) is 5.69 Å². The van der Waals surface area contributed by atoms with Gasteiger partial charge in [-0.3, -0.25) is 4.79 Å². The number of aromatic nitrogens is 3. The molecule has 0 atom stereocenters. The second-order valence-electron chi connectivity index (χ2n) is 4.64. The molecule has 0 radical (unpaired) electrons. The lowest BCUT2D eigenvalue weighted by Crippen LogP contribution is -1.94. The molecule has 0 spiro atoms. The molecule has 1 heterocycles. The summed E-state index contributed by atoms with van der Waals surface area (Å²) in [6.45, 7) is 0. The number of carbonyl (C=O) groups is 1. The first-order chi connectivity index (χ1) is 10.7. The zero-order valence-electron chi connectivity index (χ0n) is 11.6. The molecule has 0 bridgehead atoms. The summed E-state index contributed by atoms with van der Waals surface area (Å²) >= 11 is 5.88. The summed E-state index contributed by atoms with van der Waals surface area (Å²) in [5.74, 6) is -0.0807. The van der Waals surface area contributed by atoms with Gasteiger partial charge in [-0.05, 0) is 35.9 Å². The Labute approximate surface area is 132 Å². The lowest BCUT2D eigenvalue weighted by molar-refractivity contribution is 0.104. The highest BCUT2D eigenvalue weighted by atomic mass is 35.5. The van der Waals surface area contributed by atoms with Gasteiger partial charge in [-0.1, -0.05) is 41.9 Å². The summed E-state index contributed by atoms with van der Waals surface area (Å²) in [7, 11) is 0. The van der Waals surface area contributed by atoms with Crippen LogP contribution in [0.4, 0.5) is 0 Å². The highest BCUT2D eigenvalue weighted by Gasteiger charge is 2.02. The van der Waals surface area contributed by atoms with Gasteiger partial charge in [0.2, 0.25) is 0 Å². The third-order valence-corrected chi connectivity index (χ3v) is 3.35. The Morgan fingerprint density at radius 2 is 1.95 bits per heavy atom. The third-order valence-electron chi connectivity index (χ3n) is 3.11. The van der Waals surface area contributed by atoms with E-state index in [9.17, 15) is 4.79 Å². The molecule has 108 valence electrons. The Balaban J connectivity index is 1.74. The van der Waals surface area contributed by atoms with Crippen molar-refractivity contribution in [3.63, 3.8) is 0 Å². The number of ketones is 1. The predicted octanol–water partition coefficient (Wildman–Crippen LogP) is 3.82. The maximum atomic E-state index is 12.1. The van der Waals surface area contributed by atoms with Gasteiger partial charge < -0.3 is 0 Å². The van der Waals surface area contributed by atoms with Crippen LogP contribution in [-0.4, -0.2) is 20.5 Å². The molecule has 4 nitrogen and oxygen atoms in total. The smallest absolute Gasteiger partial charge is 0.185 e. The van der Waals surface area contributed by atoms with E-state index < -0.39 is 0 Å². The summed E-state index contributed by atoms with van der Waals surface area (Å²) in [6.07, 6.45) is 6.43. The molecule has 3 rings (SSSR count). The topological polar surface area (TPSA) is 47.8 Å². The Morgan fingerprint density at radius 3 is 2.64 bits per heavy atom. The molecule has 0 amide bonds. The second-order valence-corrected chi connectivity index (χ2v) is 5.08. The van der Waals surface area contributed by atoms with Crippen molar-refractivity contribution in [2.45, 2.75) is 0 Å². The summed E-state index contributed by atoms with van der Waals surface area (Å²) in [4.78, 5) is 16.0. The first-order valence-corrected chi connectivity index (χ1v) is 7.03. The van der Waals surface area contributed by atoms with Crippen molar-refractivity contribution < 1.29 is 4.79 Å². The van der Waals surface area contributed by atoms with Gasteiger partial charge in [0.25, 0.3) is 0 Å². The average molecular weight is 310 g/mol. The quantitative estimate of drug-likeness (QED) is 0.544. The molecule has 0 aliphatic carbocycles. The van der Waals surface area contributed by atoms with Crippen LogP contribution < -0.4 is 0 Å². The third kappa shape index (κ3) is 3.30. The number of benzene rings is 2. The van der Waals surface area contributed by atoms with Crippen LogP contribution in [-0.2, 0) is 0 Å². The lowest BCUT2D eigenvalue weighted by Gasteiger charge is -2.00. The average Bonchev–Trinajstić information content (AvgIpc) is 3.07. The largest absolute Gasteiger partial charge is 0.289 e. The van der Waals surface area contributed by atoms with Crippen molar-refractivity contribution in [2.24, 2.45) is 0 Å². The van der Waals surface area contributed by atoms with Crippen molar-refractivity contribution >= 4 is 23.5 Å². The first kappa shape index (κ1) is 14.2. The number of nitrogens with zero attached hydrogens (tertiary/aromatic N) is 3. The van der Waals surface area contributed by atoms with Gasteiger partial charge in [-0.15, -0.1) is 0 Å². The monoisotopic (exact) mass is 309 g/mol. The van der Waals surface area contributed by atoms with Gasteiger partial charge in [-0.2, -0.15) is 5.10 Å². The van der Waals surface area contributed by atoms with E-state index in [4.69, 9.17) is 11.6 Å². The molecule has 0 fully saturated rings. The van der Waals surface area contributed by atoms with Gasteiger partial charge in [-0.25, -0.2) is 9.67 Å². The Morgan fingerprint density at radius 1 is 1.14 bits per heavy atom. The van der Waals surface area contributed by atoms with E-state index in [1.807, 2.05) is 24.3 Å². The van der Waals surface area contributed by atoms with Crippen molar-refractivity contribution in [3.05, 3.63) is 83.4 Å². The molecule has 0 aliphatic rings. The minimum absolute atomic E-state index is 0.0807. The van der Waals surface area contributed by atoms with Gasteiger partial charge >= 0.3 is 0 Å². The molecule has 0 saturated carbocycles. The molecule has 0 unspecified atom stereocenters. The van der Waals surface area contributed by atoms with Crippen molar-refractivity contribution in [2.75, 3.05) is 0 Å². The number of allylic oxidation sites excluding steroid dienone is 1. The van der Waals surface area contributed by atoms with Crippen molar-refractivity contribution in [1.29, 1.82) is 0 Å². The molecule has 2 aromatic carbocycles. The van der Waals surface area contributed by atoms with Gasteiger partial charge in [0.1, 0.15) is 12.7 Å². The van der Waals surface area contributed by atoms with Gasteiger partial charge in [0.15, 0.2) is 5.78 Å². The first-order valence-electron chi connectivity index (χ1n) is 6.65. The highest BCUT2D eigenvalue weighted by Crippen LogP contribution is 2.13. The Bertz CT molecular complexity index is 808. The molecule has 5 heteroatoms. The summed E-state index contributed by atoms with van der Waals surface area (Å²) in [5.41, 5.74) is 2.41. The van der Waals surface area contributed by atoms with E-state index >= 15 is 0 Å². The van der Waals surface area contributed by atoms with Crippen LogP contribution in [0.15, 0.2) is 67.3 Å². The number of hydrogen-bond acceptors (Lipinski definition) is 3. The minimum atomic E-state index is -0.0807. The van der Waals surface area contributed by atoms with E-state index in [-0.39, 0.29) is 5.78 Å². The zero-order valence-corrected chi connectivity index (χ0v) is 12.3. The standard InChI is InChI=1S/C17H12ClN3O/c18-15-3-1-2-14(10-15)17(22)9-6-13-4-7-16(8-5-13)21-12-19-11-20-21/h1-12H/b9-6+. The second kappa shape index (κ2) is 6.37. The van der Waals surface area contributed by atoms with E-state index in [2.05, 4.69) is 10.1 Å². The molecular formula is C17H12ClN3O. The Hall–Kier alpha value is -2.72.